The van der Waals surface area contributed by atoms with Crippen molar-refractivity contribution in [2.45, 2.75) is 20.1 Å². The maximum atomic E-state index is 12.8. The SMILES string of the molecule is COc1ccccc1CNC(=O)c1ccccc1OCc1nc(-c2ccc(C)cc2)no1. The van der Waals surface area contributed by atoms with E-state index in [0.29, 0.717) is 29.6 Å². The molecule has 1 aromatic heterocycles. The quantitative estimate of drug-likeness (QED) is 0.442. The van der Waals surface area contributed by atoms with Gasteiger partial charge in [-0.3, -0.25) is 4.79 Å². The first kappa shape index (κ1) is 21.1. The molecule has 4 aromatic rings. The first-order valence-corrected chi connectivity index (χ1v) is 10.2. The summed E-state index contributed by atoms with van der Waals surface area (Å²) in [6.07, 6.45) is 0. The number of para-hydroxylation sites is 2. The summed E-state index contributed by atoms with van der Waals surface area (Å²) in [5.41, 5.74) is 3.32. The average molecular weight is 429 g/mol. The zero-order chi connectivity index (χ0) is 22.3. The molecule has 162 valence electrons. The third kappa shape index (κ3) is 4.95. The van der Waals surface area contributed by atoms with E-state index in [1.165, 1.54) is 0 Å². The Morgan fingerprint density at radius 1 is 0.969 bits per heavy atom. The first-order chi connectivity index (χ1) is 15.6. The van der Waals surface area contributed by atoms with Crippen LogP contribution in [0.15, 0.2) is 77.3 Å². The molecule has 3 aromatic carbocycles. The summed E-state index contributed by atoms with van der Waals surface area (Å²) in [6.45, 7) is 2.40. The number of hydrogen-bond acceptors (Lipinski definition) is 6. The number of nitrogens with one attached hydrogen (secondary N) is 1. The van der Waals surface area contributed by atoms with Gasteiger partial charge in [-0.25, -0.2) is 0 Å². The minimum Gasteiger partial charge on any atom is -0.496 e. The molecule has 32 heavy (non-hydrogen) atoms. The van der Waals surface area contributed by atoms with Gasteiger partial charge in [-0.05, 0) is 25.1 Å². The summed E-state index contributed by atoms with van der Waals surface area (Å²) in [5.74, 6) is 1.71. The lowest BCUT2D eigenvalue weighted by Gasteiger charge is -2.12. The zero-order valence-corrected chi connectivity index (χ0v) is 17.9. The van der Waals surface area contributed by atoms with Gasteiger partial charge in [-0.1, -0.05) is 65.3 Å². The first-order valence-electron chi connectivity index (χ1n) is 10.2. The maximum absolute atomic E-state index is 12.8. The minimum atomic E-state index is -0.252. The molecule has 1 amide bonds. The number of carbonyl (C=O) groups excluding carboxylic acids is 1. The van der Waals surface area contributed by atoms with E-state index >= 15 is 0 Å². The van der Waals surface area contributed by atoms with E-state index in [1.807, 2.05) is 55.5 Å². The number of rotatable bonds is 8. The summed E-state index contributed by atoms with van der Waals surface area (Å²) in [5, 5.41) is 6.92. The molecular weight excluding hydrogens is 406 g/mol. The molecule has 0 saturated carbocycles. The molecule has 0 atom stereocenters. The zero-order valence-electron chi connectivity index (χ0n) is 17.9. The second-order valence-corrected chi connectivity index (χ2v) is 7.16. The van der Waals surface area contributed by atoms with Crippen LogP contribution in [0, 0.1) is 6.92 Å². The summed E-state index contributed by atoms with van der Waals surface area (Å²) in [6, 6.07) is 22.4. The molecule has 0 unspecified atom stereocenters. The molecule has 7 nitrogen and oxygen atoms in total. The molecule has 0 aliphatic heterocycles. The smallest absolute Gasteiger partial charge is 0.264 e. The van der Waals surface area contributed by atoms with Crippen molar-refractivity contribution in [2.24, 2.45) is 0 Å². The van der Waals surface area contributed by atoms with Crippen molar-refractivity contribution in [2.75, 3.05) is 7.11 Å². The molecule has 1 heterocycles. The molecule has 0 saturated heterocycles. The third-order valence-electron chi connectivity index (χ3n) is 4.89. The van der Waals surface area contributed by atoms with E-state index in [-0.39, 0.29) is 12.5 Å². The minimum absolute atomic E-state index is 0.0513. The lowest BCUT2D eigenvalue weighted by Crippen LogP contribution is -2.23. The molecule has 4 rings (SSSR count). The van der Waals surface area contributed by atoms with Gasteiger partial charge in [0.25, 0.3) is 11.8 Å². The summed E-state index contributed by atoms with van der Waals surface area (Å²) in [4.78, 5) is 17.2. The Morgan fingerprint density at radius 2 is 1.69 bits per heavy atom. The van der Waals surface area contributed by atoms with Crippen molar-refractivity contribution in [1.29, 1.82) is 0 Å². The van der Waals surface area contributed by atoms with Crippen LogP contribution in [0.5, 0.6) is 11.5 Å². The predicted octanol–water partition coefficient (Wildman–Crippen LogP) is 4.56. The monoisotopic (exact) mass is 429 g/mol. The number of benzene rings is 3. The Morgan fingerprint density at radius 3 is 2.47 bits per heavy atom. The summed E-state index contributed by atoms with van der Waals surface area (Å²) < 4.78 is 16.5. The second kappa shape index (κ2) is 9.78. The number of methoxy groups -OCH3 is 1. The Bertz CT molecular complexity index is 1200. The molecule has 0 fully saturated rings. The Balaban J connectivity index is 1.41. The number of hydrogen-bond donors (Lipinski definition) is 1. The van der Waals surface area contributed by atoms with Crippen molar-refractivity contribution in [1.82, 2.24) is 15.5 Å². The summed E-state index contributed by atoms with van der Waals surface area (Å²) >= 11 is 0. The predicted molar refractivity (Wildman–Crippen MR) is 119 cm³/mol. The summed E-state index contributed by atoms with van der Waals surface area (Å²) in [7, 11) is 1.60. The molecule has 0 aliphatic rings. The standard InChI is InChI=1S/C25H23N3O4/c1-17-11-13-18(14-12-17)24-27-23(32-28-24)16-31-22-10-6-4-8-20(22)25(29)26-15-19-7-3-5-9-21(19)30-2/h3-14H,15-16H2,1-2H3,(H,26,29). The Labute approximate surface area is 186 Å². The Hall–Kier alpha value is -4.13. The molecule has 7 heteroatoms. The highest BCUT2D eigenvalue weighted by atomic mass is 16.5. The fourth-order valence-electron chi connectivity index (χ4n) is 3.17. The van der Waals surface area contributed by atoms with E-state index in [0.717, 1.165) is 22.4 Å². The van der Waals surface area contributed by atoms with Gasteiger partial charge >= 0.3 is 0 Å². The van der Waals surface area contributed by atoms with E-state index in [4.69, 9.17) is 14.0 Å². The number of aryl methyl sites for hydroxylation is 1. The van der Waals surface area contributed by atoms with E-state index in [2.05, 4.69) is 15.5 Å². The van der Waals surface area contributed by atoms with Gasteiger partial charge in [0, 0.05) is 17.7 Å². The lowest BCUT2D eigenvalue weighted by atomic mass is 10.1. The lowest BCUT2D eigenvalue weighted by molar-refractivity contribution is 0.0945. The molecule has 0 spiro atoms. The van der Waals surface area contributed by atoms with E-state index < -0.39 is 0 Å². The van der Waals surface area contributed by atoms with Crippen molar-refractivity contribution in [3.63, 3.8) is 0 Å². The molecule has 0 aliphatic carbocycles. The van der Waals surface area contributed by atoms with Crippen LogP contribution in [-0.2, 0) is 13.2 Å². The number of amides is 1. The van der Waals surface area contributed by atoms with Gasteiger partial charge < -0.3 is 19.3 Å². The fraction of sp³-hybridized carbons (Fsp3) is 0.160. The van der Waals surface area contributed by atoms with Crippen molar-refractivity contribution < 1.29 is 18.8 Å². The van der Waals surface area contributed by atoms with E-state index in [9.17, 15) is 4.79 Å². The topological polar surface area (TPSA) is 86.5 Å². The highest BCUT2D eigenvalue weighted by Gasteiger charge is 2.15. The third-order valence-corrected chi connectivity index (χ3v) is 4.89. The average Bonchev–Trinajstić information content (AvgIpc) is 3.31. The molecule has 0 bridgehead atoms. The molecule has 0 radical (unpaired) electrons. The van der Waals surface area contributed by atoms with Gasteiger partial charge in [0.1, 0.15) is 11.5 Å². The van der Waals surface area contributed by atoms with Crippen molar-refractivity contribution >= 4 is 5.91 Å². The second-order valence-electron chi connectivity index (χ2n) is 7.16. The largest absolute Gasteiger partial charge is 0.496 e. The number of nitrogens with zero attached hydrogens (tertiary/aromatic N) is 2. The fourth-order valence-corrected chi connectivity index (χ4v) is 3.17. The van der Waals surface area contributed by atoms with Crippen LogP contribution in [0.3, 0.4) is 0 Å². The highest BCUT2D eigenvalue weighted by molar-refractivity contribution is 5.96. The normalized spacial score (nSPS) is 10.6. The van der Waals surface area contributed by atoms with Gasteiger partial charge in [-0.2, -0.15) is 4.98 Å². The number of carbonyl (C=O) groups is 1. The highest BCUT2D eigenvalue weighted by Crippen LogP contribution is 2.22. The van der Waals surface area contributed by atoms with Gasteiger partial charge in [0.15, 0.2) is 6.61 Å². The van der Waals surface area contributed by atoms with Crippen LogP contribution in [0.25, 0.3) is 11.4 Å². The van der Waals surface area contributed by atoms with Crippen LogP contribution in [0.2, 0.25) is 0 Å². The van der Waals surface area contributed by atoms with Gasteiger partial charge in [-0.15, -0.1) is 0 Å². The number of aromatic nitrogens is 2. The van der Waals surface area contributed by atoms with Crippen LogP contribution in [0.1, 0.15) is 27.4 Å². The molecular formula is C25H23N3O4. The van der Waals surface area contributed by atoms with Gasteiger partial charge in [0.05, 0.1) is 12.7 Å². The van der Waals surface area contributed by atoms with Crippen LogP contribution >= 0.6 is 0 Å². The van der Waals surface area contributed by atoms with Gasteiger partial charge in [0.2, 0.25) is 5.82 Å². The van der Waals surface area contributed by atoms with E-state index in [1.54, 1.807) is 31.4 Å². The van der Waals surface area contributed by atoms with Crippen molar-refractivity contribution in [3.05, 3.63) is 95.4 Å². The Kier molecular flexibility index (Phi) is 6.46. The van der Waals surface area contributed by atoms with Crippen LogP contribution in [-0.4, -0.2) is 23.2 Å². The van der Waals surface area contributed by atoms with Crippen LogP contribution < -0.4 is 14.8 Å². The molecule has 1 N–H and O–H groups in total. The number of ether oxygens (including phenoxy) is 2. The maximum Gasteiger partial charge on any atom is 0.264 e. The van der Waals surface area contributed by atoms with Crippen molar-refractivity contribution in [3.8, 4) is 22.9 Å². The van der Waals surface area contributed by atoms with Crippen LogP contribution in [0.4, 0.5) is 0 Å².